The lowest BCUT2D eigenvalue weighted by Crippen LogP contribution is -2.41. The second kappa shape index (κ2) is 8.32. The fourth-order valence-corrected chi connectivity index (χ4v) is 3.75. The first kappa shape index (κ1) is 17.7. The SMILES string of the molecule is O=C(Nc1ccc(F)cc1)NC1CCN(C(=O)C2CCCCCC2)C1. The van der Waals surface area contributed by atoms with Crippen LogP contribution < -0.4 is 10.6 Å². The van der Waals surface area contributed by atoms with Crippen LogP contribution in [0.3, 0.4) is 0 Å². The van der Waals surface area contributed by atoms with Crippen molar-refractivity contribution in [2.75, 3.05) is 18.4 Å². The van der Waals surface area contributed by atoms with Crippen molar-refractivity contribution in [2.45, 2.75) is 51.0 Å². The van der Waals surface area contributed by atoms with Gasteiger partial charge in [-0.25, -0.2) is 9.18 Å². The van der Waals surface area contributed by atoms with E-state index in [1.165, 1.54) is 37.1 Å². The van der Waals surface area contributed by atoms with Gasteiger partial charge in [-0.3, -0.25) is 4.79 Å². The van der Waals surface area contributed by atoms with Crippen molar-refractivity contribution < 1.29 is 14.0 Å². The minimum absolute atomic E-state index is 0.0322. The zero-order valence-corrected chi connectivity index (χ0v) is 14.5. The third kappa shape index (κ3) is 4.94. The quantitative estimate of drug-likeness (QED) is 0.822. The predicted molar refractivity (Wildman–Crippen MR) is 94.7 cm³/mol. The number of nitrogens with one attached hydrogen (secondary N) is 2. The van der Waals surface area contributed by atoms with Crippen LogP contribution >= 0.6 is 0 Å². The number of urea groups is 1. The molecule has 0 spiro atoms. The average Bonchev–Trinajstić information content (AvgIpc) is 2.89. The first-order valence-electron chi connectivity index (χ1n) is 9.24. The topological polar surface area (TPSA) is 61.4 Å². The Morgan fingerprint density at radius 1 is 1.00 bits per heavy atom. The normalized spacial score (nSPS) is 21.6. The molecule has 3 rings (SSSR count). The van der Waals surface area contributed by atoms with Crippen LogP contribution in [-0.4, -0.2) is 36.0 Å². The Kier molecular flexibility index (Phi) is 5.89. The zero-order valence-electron chi connectivity index (χ0n) is 14.5. The van der Waals surface area contributed by atoms with Crippen LogP contribution in [-0.2, 0) is 4.79 Å². The Balaban J connectivity index is 1.46. The molecule has 136 valence electrons. The van der Waals surface area contributed by atoms with E-state index in [-0.39, 0.29) is 29.7 Å². The van der Waals surface area contributed by atoms with Crippen molar-refractivity contribution in [3.63, 3.8) is 0 Å². The summed E-state index contributed by atoms with van der Waals surface area (Å²) >= 11 is 0. The first-order valence-corrected chi connectivity index (χ1v) is 9.24. The van der Waals surface area contributed by atoms with E-state index < -0.39 is 0 Å². The fourth-order valence-electron chi connectivity index (χ4n) is 3.75. The first-order chi connectivity index (χ1) is 12.1. The van der Waals surface area contributed by atoms with Crippen LogP contribution in [0.1, 0.15) is 44.9 Å². The molecule has 25 heavy (non-hydrogen) atoms. The lowest BCUT2D eigenvalue weighted by molar-refractivity contribution is -0.134. The van der Waals surface area contributed by atoms with Gasteiger partial charge >= 0.3 is 6.03 Å². The highest BCUT2D eigenvalue weighted by Gasteiger charge is 2.31. The second-order valence-corrected chi connectivity index (χ2v) is 7.06. The molecule has 1 aromatic carbocycles. The van der Waals surface area contributed by atoms with E-state index in [0.717, 1.165) is 32.1 Å². The maximum Gasteiger partial charge on any atom is 0.319 e. The van der Waals surface area contributed by atoms with E-state index in [1.54, 1.807) is 0 Å². The molecular formula is C19H26FN3O2. The molecule has 2 aliphatic rings. The molecule has 1 aromatic rings. The van der Waals surface area contributed by atoms with Crippen molar-refractivity contribution in [1.29, 1.82) is 0 Å². The summed E-state index contributed by atoms with van der Waals surface area (Å²) in [5, 5.41) is 5.60. The van der Waals surface area contributed by atoms with E-state index in [4.69, 9.17) is 0 Å². The summed E-state index contributed by atoms with van der Waals surface area (Å²) in [6.07, 6.45) is 7.53. The molecule has 1 unspecified atom stereocenters. The highest BCUT2D eigenvalue weighted by molar-refractivity contribution is 5.89. The van der Waals surface area contributed by atoms with E-state index in [0.29, 0.717) is 18.8 Å². The van der Waals surface area contributed by atoms with E-state index in [1.807, 2.05) is 4.90 Å². The summed E-state index contributed by atoms with van der Waals surface area (Å²) in [5.41, 5.74) is 0.545. The van der Waals surface area contributed by atoms with Gasteiger partial charge in [-0.1, -0.05) is 25.7 Å². The van der Waals surface area contributed by atoms with Gasteiger partial charge in [0, 0.05) is 30.7 Å². The van der Waals surface area contributed by atoms with Crippen molar-refractivity contribution in [3.05, 3.63) is 30.1 Å². The van der Waals surface area contributed by atoms with Crippen molar-refractivity contribution >= 4 is 17.6 Å². The van der Waals surface area contributed by atoms with Crippen LogP contribution in [0.15, 0.2) is 24.3 Å². The van der Waals surface area contributed by atoms with Crippen LogP contribution in [0.4, 0.5) is 14.9 Å². The predicted octanol–water partition coefficient (Wildman–Crippen LogP) is 3.52. The fraction of sp³-hybridized carbons (Fsp3) is 0.579. The van der Waals surface area contributed by atoms with Crippen LogP contribution in [0.5, 0.6) is 0 Å². The van der Waals surface area contributed by atoms with Crippen molar-refractivity contribution in [1.82, 2.24) is 10.2 Å². The maximum absolute atomic E-state index is 12.9. The Bertz CT molecular complexity index is 597. The van der Waals surface area contributed by atoms with E-state index >= 15 is 0 Å². The van der Waals surface area contributed by atoms with E-state index in [2.05, 4.69) is 10.6 Å². The highest BCUT2D eigenvalue weighted by Crippen LogP contribution is 2.26. The minimum atomic E-state index is -0.339. The van der Waals surface area contributed by atoms with Gasteiger partial charge in [0.2, 0.25) is 5.91 Å². The Hall–Kier alpha value is -2.11. The molecule has 0 bridgehead atoms. The average molecular weight is 347 g/mol. The molecule has 2 N–H and O–H groups in total. The minimum Gasteiger partial charge on any atom is -0.340 e. The third-order valence-corrected chi connectivity index (χ3v) is 5.14. The summed E-state index contributed by atoms with van der Waals surface area (Å²) in [6, 6.07) is 5.30. The van der Waals surface area contributed by atoms with Gasteiger partial charge in [0.1, 0.15) is 5.82 Å². The van der Waals surface area contributed by atoms with Crippen LogP contribution in [0, 0.1) is 11.7 Å². The van der Waals surface area contributed by atoms with Gasteiger partial charge in [-0.15, -0.1) is 0 Å². The van der Waals surface area contributed by atoms with Gasteiger partial charge in [0.15, 0.2) is 0 Å². The molecule has 1 saturated heterocycles. The molecule has 1 aliphatic carbocycles. The number of amides is 3. The number of carbonyl (C=O) groups excluding carboxylic acids is 2. The molecule has 0 aromatic heterocycles. The van der Waals surface area contributed by atoms with Crippen molar-refractivity contribution in [2.24, 2.45) is 5.92 Å². The molecule has 5 nitrogen and oxygen atoms in total. The number of anilines is 1. The zero-order chi connectivity index (χ0) is 17.6. The van der Waals surface area contributed by atoms with Crippen LogP contribution in [0.2, 0.25) is 0 Å². The van der Waals surface area contributed by atoms with Gasteiger partial charge in [-0.05, 0) is 43.5 Å². The monoisotopic (exact) mass is 347 g/mol. The van der Waals surface area contributed by atoms with Crippen molar-refractivity contribution in [3.8, 4) is 0 Å². The number of hydrogen-bond donors (Lipinski definition) is 2. The number of nitrogens with zero attached hydrogens (tertiary/aromatic N) is 1. The highest BCUT2D eigenvalue weighted by atomic mass is 19.1. The summed E-state index contributed by atoms with van der Waals surface area (Å²) in [4.78, 5) is 26.6. The molecule has 1 heterocycles. The summed E-state index contributed by atoms with van der Waals surface area (Å²) in [6.45, 7) is 1.28. The summed E-state index contributed by atoms with van der Waals surface area (Å²) < 4.78 is 12.9. The summed E-state index contributed by atoms with van der Waals surface area (Å²) in [5.74, 6) is 0.0776. The number of carbonyl (C=O) groups is 2. The second-order valence-electron chi connectivity index (χ2n) is 7.06. The third-order valence-electron chi connectivity index (χ3n) is 5.14. The number of halogens is 1. The summed E-state index contributed by atoms with van der Waals surface area (Å²) in [7, 11) is 0. The smallest absolute Gasteiger partial charge is 0.319 e. The molecular weight excluding hydrogens is 321 g/mol. The Morgan fingerprint density at radius 2 is 1.68 bits per heavy atom. The lowest BCUT2D eigenvalue weighted by atomic mass is 9.99. The Morgan fingerprint density at radius 3 is 2.36 bits per heavy atom. The van der Waals surface area contributed by atoms with Gasteiger partial charge < -0.3 is 15.5 Å². The number of benzene rings is 1. The van der Waals surface area contributed by atoms with Gasteiger partial charge in [-0.2, -0.15) is 0 Å². The molecule has 0 radical (unpaired) electrons. The largest absolute Gasteiger partial charge is 0.340 e. The molecule has 1 saturated carbocycles. The van der Waals surface area contributed by atoms with Crippen LogP contribution in [0.25, 0.3) is 0 Å². The molecule has 6 heteroatoms. The standard InChI is InChI=1S/C19H26FN3O2/c20-15-7-9-16(10-8-15)21-19(25)22-17-11-12-23(13-17)18(24)14-5-3-1-2-4-6-14/h7-10,14,17H,1-6,11-13H2,(H2,21,22,25). The van der Waals surface area contributed by atoms with Gasteiger partial charge in [0.25, 0.3) is 0 Å². The molecule has 3 amide bonds. The van der Waals surface area contributed by atoms with Gasteiger partial charge in [0.05, 0.1) is 0 Å². The molecule has 2 fully saturated rings. The lowest BCUT2D eigenvalue weighted by Gasteiger charge is -2.22. The number of likely N-dealkylation sites (tertiary alicyclic amines) is 1. The number of hydrogen-bond acceptors (Lipinski definition) is 2. The maximum atomic E-state index is 12.9. The number of rotatable bonds is 3. The molecule has 1 aliphatic heterocycles. The van der Waals surface area contributed by atoms with E-state index in [9.17, 15) is 14.0 Å². The Labute approximate surface area is 148 Å². The molecule has 1 atom stereocenters.